The SMILES string of the molecule is Br.Br.N=C(N)SCc1cc(Cl)c(Cl)cc1CSC(=N)N. The predicted molar refractivity (Wildman–Crippen MR) is 104 cm³/mol. The smallest absolute Gasteiger partial charge is 0.151 e. The maximum absolute atomic E-state index is 7.20. The highest BCUT2D eigenvalue weighted by molar-refractivity contribution is 8.93. The second-order valence-electron chi connectivity index (χ2n) is 3.34. The number of thioether (sulfide) groups is 2. The molecule has 4 nitrogen and oxygen atoms in total. The molecule has 1 aromatic carbocycles. The summed E-state index contributed by atoms with van der Waals surface area (Å²) in [6, 6.07) is 3.52. The number of hydrogen-bond donors (Lipinski definition) is 4. The number of nitrogens with two attached hydrogens (primary N) is 2. The lowest BCUT2D eigenvalue weighted by Gasteiger charge is -2.10. The molecule has 0 radical (unpaired) electrons. The second-order valence-corrected chi connectivity index (χ2v) is 6.19. The number of amidine groups is 2. The fourth-order valence-electron chi connectivity index (χ4n) is 1.21. The predicted octanol–water partition coefficient (Wildman–Crippen LogP) is 4.40. The molecule has 0 bridgehead atoms. The quantitative estimate of drug-likeness (QED) is 0.376. The Bertz CT molecular complexity index is 446. The van der Waals surface area contributed by atoms with Crippen LogP contribution in [0.3, 0.4) is 0 Å². The Labute approximate surface area is 157 Å². The summed E-state index contributed by atoms with van der Waals surface area (Å²) in [4.78, 5) is 0. The van der Waals surface area contributed by atoms with Crippen molar-refractivity contribution in [3.8, 4) is 0 Å². The van der Waals surface area contributed by atoms with Crippen LogP contribution in [0.1, 0.15) is 11.1 Å². The maximum Gasteiger partial charge on any atom is 0.151 e. The summed E-state index contributed by atoms with van der Waals surface area (Å²) in [6.45, 7) is 0. The van der Waals surface area contributed by atoms with E-state index in [0.717, 1.165) is 11.1 Å². The Balaban J connectivity index is 0. The van der Waals surface area contributed by atoms with Crippen LogP contribution in [0.4, 0.5) is 0 Å². The number of benzene rings is 1. The maximum atomic E-state index is 7.20. The van der Waals surface area contributed by atoms with E-state index in [-0.39, 0.29) is 44.3 Å². The summed E-state index contributed by atoms with van der Waals surface area (Å²) in [5.41, 5.74) is 12.5. The van der Waals surface area contributed by atoms with Crippen LogP contribution in [0.25, 0.3) is 0 Å². The molecule has 114 valence electrons. The lowest BCUT2D eigenvalue weighted by Crippen LogP contribution is -2.06. The monoisotopic (exact) mass is 482 g/mol. The zero-order valence-electron chi connectivity index (χ0n) is 10.1. The molecule has 0 aliphatic heterocycles. The average molecular weight is 485 g/mol. The lowest BCUT2D eigenvalue weighted by molar-refractivity contribution is 1.29. The van der Waals surface area contributed by atoms with Gasteiger partial charge in [0.15, 0.2) is 10.3 Å². The third-order valence-corrected chi connectivity index (χ3v) is 4.26. The zero-order valence-corrected chi connectivity index (χ0v) is 16.7. The molecule has 1 rings (SSSR count). The fraction of sp³-hybridized carbons (Fsp3) is 0.200. The van der Waals surface area contributed by atoms with Gasteiger partial charge in [-0.05, 0) is 23.3 Å². The molecule has 0 amide bonds. The average Bonchev–Trinajstić information content (AvgIpc) is 2.28. The van der Waals surface area contributed by atoms with E-state index < -0.39 is 0 Å². The number of hydrogen-bond acceptors (Lipinski definition) is 4. The van der Waals surface area contributed by atoms with Gasteiger partial charge in [0.25, 0.3) is 0 Å². The second kappa shape index (κ2) is 11.0. The van der Waals surface area contributed by atoms with E-state index in [4.69, 9.17) is 45.5 Å². The van der Waals surface area contributed by atoms with E-state index in [1.165, 1.54) is 23.5 Å². The summed E-state index contributed by atoms with van der Waals surface area (Å²) in [5.74, 6) is 1.08. The van der Waals surface area contributed by atoms with Gasteiger partial charge >= 0.3 is 0 Å². The third kappa shape index (κ3) is 7.99. The summed E-state index contributed by atoms with van der Waals surface area (Å²) < 4.78 is 0. The molecule has 0 spiro atoms. The lowest BCUT2D eigenvalue weighted by atomic mass is 10.1. The Morgan fingerprint density at radius 2 is 1.20 bits per heavy atom. The Hall–Kier alpha value is 0.400. The highest BCUT2D eigenvalue weighted by Crippen LogP contribution is 2.30. The van der Waals surface area contributed by atoms with Crippen molar-refractivity contribution in [3.05, 3.63) is 33.3 Å². The van der Waals surface area contributed by atoms with Crippen molar-refractivity contribution in [2.75, 3.05) is 0 Å². The van der Waals surface area contributed by atoms with Gasteiger partial charge in [-0.25, -0.2) is 0 Å². The molecule has 0 aliphatic rings. The van der Waals surface area contributed by atoms with Crippen molar-refractivity contribution in [1.29, 1.82) is 10.8 Å². The number of rotatable bonds is 4. The molecule has 0 saturated heterocycles. The van der Waals surface area contributed by atoms with Crippen molar-refractivity contribution in [1.82, 2.24) is 0 Å². The van der Waals surface area contributed by atoms with E-state index in [0.29, 0.717) is 21.6 Å². The first-order valence-electron chi connectivity index (χ1n) is 4.80. The van der Waals surface area contributed by atoms with Gasteiger partial charge < -0.3 is 11.5 Å². The highest BCUT2D eigenvalue weighted by atomic mass is 79.9. The molecule has 0 aliphatic carbocycles. The van der Waals surface area contributed by atoms with Crippen molar-refractivity contribution in [3.63, 3.8) is 0 Å². The highest BCUT2D eigenvalue weighted by Gasteiger charge is 2.09. The molecule has 0 aromatic heterocycles. The van der Waals surface area contributed by atoms with Crippen molar-refractivity contribution >= 4 is 91.0 Å². The van der Waals surface area contributed by atoms with Crippen LogP contribution < -0.4 is 11.5 Å². The van der Waals surface area contributed by atoms with Crippen LogP contribution in [0.2, 0.25) is 10.0 Å². The fourth-order valence-corrected chi connectivity index (χ4v) is 2.74. The molecule has 6 N–H and O–H groups in total. The number of nitrogens with one attached hydrogen (secondary N) is 2. The largest absolute Gasteiger partial charge is 0.379 e. The topological polar surface area (TPSA) is 99.7 Å². The third-order valence-electron chi connectivity index (χ3n) is 2.01. The Kier molecular flexibility index (Phi) is 12.5. The molecular formula is C10H14Br2Cl2N4S2. The van der Waals surface area contributed by atoms with Crippen LogP contribution in [0, 0.1) is 10.8 Å². The summed E-state index contributed by atoms with van der Waals surface area (Å²) in [5, 5.41) is 15.4. The summed E-state index contributed by atoms with van der Waals surface area (Å²) >= 11 is 14.4. The molecule has 10 heteroatoms. The Morgan fingerprint density at radius 3 is 1.45 bits per heavy atom. The normalized spacial score (nSPS) is 9.30. The van der Waals surface area contributed by atoms with E-state index in [9.17, 15) is 0 Å². The molecule has 0 unspecified atom stereocenters. The first-order valence-corrected chi connectivity index (χ1v) is 7.53. The molecule has 0 heterocycles. The van der Waals surface area contributed by atoms with Crippen molar-refractivity contribution < 1.29 is 0 Å². The van der Waals surface area contributed by atoms with E-state index in [1.807, 2.05) is 0 Å². The summed E-state index contributed by atoms with van der Waals surface area (Å²) in [6.07, 6.45) is 0. The standard InChI is InChI=1S/C10H12Cl2N4S2.2BrH/c11-7-1-5(3-17-9(13)14)6(2-8(7)12)4-18-10(15)16;;/h1-2H,3-4H2,(H3,13,14)(H3,15,16);2*1H. The van der Waals surface area contributed by atoms with Crippen LogP contribution in [-0.4, -0.2) is 10.3 Å². The molecular weight excluding hydrogens is 471 g/mol. The Morgan fingerprint density at radius 1 is 0.900 bits per heavy atom. The minimum atomic E-state index is 0. The molecule has 0 atom stereocenters. The van der Waals surface area contributed by atoms with Gasteiger partial charge in [-0.3, -0.25) is 10.8 Å². The van der Waals surface area contributed by atoms with Crippen LogP contribution in [-0.2, 0) is 11.5 Å². The van der Waals surface area contributed by atoms with Crippen LogP contribution in [0.5, 0.6) is 0 Å². The van der Waals surface area contributed by atoms with Gasteiger partial charge in [-0.2, -0.15) is 0 Å². The van der Waals surface area contributed by atoms with E-state index in [2.05, 4.69) is 0 Å². The van der Waals surface area contributed by atoms with Gasteiger partial charge in [0, 0.05) is 11.5 Å². The van der Waals surface area contributed by atoms with Gasteiger partial charge in [0.1, 0.15) is 0 Å². The van der Waals surface area contributed by atoms with E-state index >= 15 is 0 Å². The molecule has 0 fully saturated rings. The first-order chi connectivity index (χ1) is 8.40. The van der Waals surface area contributed by atoms with Crippen molar-refractivity contribution in [2.45, 2.75) is 11.5 Å². The number of halogens is 4. The minimum absolute atomic E-state index is 0. The van der Waals surface area contributed by atoms with Crippen molar-refractivity contribution in [2.24, 2.45) is 11.5 Å². The first kappa shape index (κ1) is 22.7. The van der Waals surface area contributed by atoms with Gasteiger partial charge in [0.2, 0.25) is 0 Å². The molecule has 1 aromatic rings. The summed E-state index contributed by atoms with van der Waals surface area (Å²) in [7, 11) is 0. The van der Waals surface area contributed by atoms with E-state index in [1.54, 1.807) is 12.1 Å². The van der Waals surface area contributed by atoms with Gasteiger partial charge in [0.05, 0.1) is 10.0 Å². The van der Waals surface area contributed by atoms with Crippen LogP contribution >= 0.6 is 80.7 Å². The van der Waals surface area contributed by atoms with Crippen LogP contribution in [0.15, 0.2) is 12.1 Å². The van der Waals surface area contributed by atoms with Gasteiger partial charge in [-0.1, -0.05) is 46.7 Å². The molecule has 0 saturated carbocycles. The van der Waals surface area contributed by atoms with Gasteiger partial charge in [-0.15, -0.1) is 34.0 Å². The zero-order chi connectivity index (χ0) is 13.7. The minimum Gasteiger partial charge on any atom is -0.379 e. The molecule has 20 heavy (non-hydrogen) atoms.